The lowest BCUT2D eigenvalue weighted by Gasteiger charge is -2.31. The number of hydrogen-bond acceptors (Lipinski definition) is 5. The Bertz CT molecular complexity index is 803. The van der Waals surface area contributed by atoms with Crippen LogP contribution in [0, 0.1) is 0 Å². The van der Waals surface area contributed by atoms with Crippen LogP contribution in [0.4, 0.5) is 11.6 Å². The third-order valence-corrected chi connectivity index (χ3v) is 5.62. The average Bonchev–Trinajstić information content (AvgIpc) is 3.17. The molecule has 3 rings (SSSR count). The SMILES string of the molecule is CN(Cc1ccccc1NCC(=O)Nc1cc(C(C)(C)C)no1)C1CCCCC1. The largest absolute Gasteiger partial charge is 0.376 e. The van der Waals surface area contributed by atoms with E-state index < -0.39 is 0 Å². The van der Waals surface area contributed by atoms with Crippen molar-refractivity contribution >= 4 is 17.5 Å². The minimum atomic E-state index is -0.156. The summed E-state index contributed by atoms with van der Waals surface area (Å²) >= 11 is 0. The molecule has 1 aromatic heterocycles. The van der Waals surface area contributed by atoms with E-state index >= 15 is 0 Å². The lowest BCUT2D eigenvalue weighted by Crippen LogP contribution is -2.33. The highest BCUT2D eigenvalue weighted by atomic mass is 16.5. The van der Waals surface area contributed by atoms with Gasteiger partial charge in [-0.05, 0) is 31.5 Å². The van der Waals surface area contributed by atoms with E-state index in [0.717, 1.165) is 17.9 Å². The molecule has 1 saturated carbocycles. The number of aromatic nitrogens is 1. The van der Waals surface area contributed by atoms with Gasteiger partial charge in [0.05, 0.1) is 12.2 Å². The molecule has 0 saturated heterocycles. The molecule has 158 valence electrons. The van der Waals surface area contributed by atoms with Gasteiger partial charge in [0.1, 0.15) is 0 Å². The van der Waals surface area contributed by atoms with Gasteiger partial charge in [-0.15, -0.1) is 0 Å². The number of carbonyl (C=O) groups is 1. The first-order valence-electron chi connectivity index (χ1n) is 10.6. The van der Waals surface area contributed by atoms with Crippen LogP contribution in [0.3, 0.4) is 0 Å². The van der Waals surface area contributed by atoms with Crippen LogP contribution >= 0.6 is 0 Å². The van der Waals surface area contributed by atoms with E-state index in [4.69, 9.17) is 4.52 Å². The molecule has 2 aromatic rings. The second-order valence-electron chi connectivity index (χ2n) is 9.09. The molecule has 1 amide bonds. The molecular formula is C23H34N4O2. The maximum Gasteiger partial charge on any atom is 0.246 e. The van der Waals surface area contributed by atoms with Crippen molar-refractivity contribution < 1.29 is 9.32 Å². The molecule has 1 fully saturated rings. The topological polar surface area (TPSA) is 70.4 Å². The van der Waals surface area contributed by atoms with Crippen molar-refractivity contribution in [2.24, 2.45) is 0 Å². The maximum atomic E-state index is 12.4. The van der Waals surface area contributed by atoms with Crippen LogP contribution < -0.4 is 10.6 Å². The summed E-state index contributed by atoms with van der Waals surface area (Å²) in [5.41, 5.74) is 2.91. The Morgan fingerprint density at radius 2 is 1.93 bits per heavy atom. The van der Waals surface area contributed by atoms with Gasteiger partial charge in [0.15, 0.2) is 0 Å². The second kappa shape index (κ2) is 9.44. The van der Waals surface area contributed by atoms with Crippen molar-refractivity contribution in [3.63, 3.8) is 0 Å². The molecule has 29 heavy (non-hydrogen) atoms. The van der Waals surface area contributed by atoms with Gasteiger partial charge in [-0.3, -0.25) is 15.0 Å². The normalized spacial score (nSPS) is 15.5. The molecule has 2 N–H and O–H groups in total. The first-order valence-corrected chi connectivity index (χ1v) is 10.6. The number of rotatable bonds is 7. The first kappa shape index (κ1) is 21.4. The van der Waals surface area contributed by atoms with Crippen LogP contribution in [0.5, 0.6) is 0 Å². The predicted molar refractivity (Wildman–Crippen MR) is 117 cm³/mol. The lowest BCUT2D eigenvalue weighted by atomic mass is 9.92. The van der Waals surface area contributed by atoms with Gasteiger partial charge in [-0.1, -0.05) is 63.4 Å². The molecule has 6 nitrogen and oxygen atoms in total. The van der Waals surface area contributed by atoms with Crippen molar-refractivity contribution in [2.45, 2.75) is 70.9 Å². The third kappa shape index (κ3) is 6.07. The molecule has 1 aromatic carbocycles. The van der Waals surface area contributed by atoms with E-state index in [9.17, 15) is 4.79 Å². The Kier molecular flexibility index (Phi) is 6.96. The van der Waals surface area contributed by atoms with Crippen molar-refractivity contribution in [3.05, 3.63) is 41.6 Å². The molecule has 1 aliphatic rings. The molecule has 0 atom stereocenters. The van der Waals surface area contributed by atoms with Crippen LogP contribution in [0.15, 0.2) is 34.9 Å². The average molecular weight is 399 g/mol. The van der Waals surface area contributed by atoms with Crippen LogP contribution in [0.25, 0.3) is 0 Å². The zero-order valence-corrected chi connectivity index (χ0v) is 18.1. The van der Waals surface area contributed by atoms with Crippen LogP contribution in [0.2, 0.25) is 0 Å². The highest BCUT2D eigenvalue weighted by Gasteiger charge is 2.20. The summed E-state index contributed by atoms with van der Waals surface area (Å²) in [7, 11) is 2.20. The fraction of sp³-hybridized carbons (Fsp3) is 0.565. The first-order chi connectivity index (χ1) is 13.8. The molecule has 0 aliphatic heterocycles. The number of carbonyl (C=O) groups excluding carboxylic acids is 1. The molecule has 6 heteroatoms. The standard InChI is InChI=1S/C23H34N4O2/c1-23(2,3)20-14-22(29-26-20)25-21(28)15-24-19-13-9-8-10-17(19)16-27(4)18-11-6-5-7-12-18/h8-10,13-14,18,24H,5-7,11-12,15-16H2,1-4H3,(H,25,28). The fourth-order valence-electron chi connectivity index (χ4n) is 3.79. The van der Waals surface area contributed by atoms with E-state index in [1.165, 1.54) is 37.7 Å². The van der Waals surface area contributed by atoms with Crippen molar-refractivity contribution in [1.82, 2.24) is 10.1 Å². The summed E-state index contributed by atoms with van der Waals surface area (Å²) < 4.78 is 5.24. The van der Waals surface area contributed by atoms with Gasteiger partial charge in [0.2, 0.25) is 11.8 Å². The summed E-state index contributed by atoms with van der Waals surface area (Å²) in [6, 6.07) is 10.7. The van der Waals surface area contributed by atoms with Crippen molar-refractivity contribution in [1.29, 1.82) is 0 Å². The lowest BCUT2D eigenvalue weighted by molar-refractivity contribution is -0.114. The monoisotopic (exact) mass is 398 g/mol. The van der Waals surface area contributed by atoms with E-state index in [-0.39, 0.29) is 17.9 Å². The van der Waals surface area contributed by atoms with Gasteiger partial charge in [-0.2, -0.15) is 0 Å². The van der Waals surface area contributed by atoms with E-state index in [2.05, 4.69) is 60.6 Å². The van der Waals surface area contributed by atoms with Crippen LogP contribution in [0.1, 0.15) is 64.1 Å². The Hall–Kier alpha value is -2.34. The predicted octanol–water partition coefficient (Wildman–Crippen LogP) is 4.79. The number of hydrogen-bond donors (Lipinski definition) is 2. The molecular weight excluding hydrogens is 364 g/mol. The second-order valence-corrected chi connectivity index (χ2v) is 9.09. The zero-order valence-electron chi connectivity index (χ0n) is 18.1. The fourth-order valence-corrected chi connectivity index (χ4v) is 3.79. The zero-order chi connectivity index (χ0) is 20.9. The van der Waals surface area contributed by atoms with Gasteiger partial charge < -0.3 is 9.84 Å². The van der Waals surface area contributed by atoms with E-state index in [0.29, 0.717) is 11.9 Å². The number of anilines is 2. The summed E-state index contributed by atoms with van der Waals surface area (Å²) in [5, 5.41) is 10.1. The van der Waals surface area contributed by atoms with Crippen molar-refractivity contribution in [3.8, 4) is 0 Å². The summed E-state index contributed by atoms with van der Waals surface area (Å²) in [4.78, 5) is 14.8. The number of benzene rings is 1. The van der Waals surface area contributed by atoms with Crippen molar-refractivity contribution in [2.75, 3.05) is 24.2 Å². The number of nitrogens with zero attached hydrogens (tertiary/aromatic N) is 2. The highest BCUT2D eigenvalue weighted by molar-refractivity contribution is 5.92. The van der Waals surface area contributed by atoms with Gasteiger partial charge in [-0.25, -0.2) is 0 Å². The summed E-state index contributed by atoms with van der Waals surface area (Å²) in [5.74, 6) is 0.226. The quantitative estimate of drug-likeness (QED) is 0.702. The Labute approximate surface area is 174 Å². The van der Waals surface area contributed by atoms with Gasteiger partial charge >= 0.3 is 0 Å². The minimum absolute atomic E-state index is 0.117. The highest BCUT2D eigenvalue weighted by Crippen LogP contribution is 2.25. The number of nitrogens with one attached hydrogen (secondary N) is 2. The van der Waals surface area contributed by atoms with Crippen LogP contribution in [-0.4, -0.2) is 35.6 Å². The number of amides is 1. The Morgan fingerprint density at radius 3 is 2.62 bits per heavy atom. The van der Waals surface area contributed by atoms with E-state index in [1.54, 1.807) is 6.07 Å². The molecule has 1 aliphatic carbocycles. The minimum Gasteiger partial charge on any atom is -0.376 e. The van der Waals surface area contributed by atoms with Gasteiger partial charge in [0.25, 0.3) is 0 Å². The van der Waals surface area contributed by atoms with Gasteiger partial charge in [0, 0.05) is 29.8 Å². The Morgan fingerprint density at radius 1 is 1.21 bits per heavy atom. The van der Waals surface area contributed by atoms with E-state index in [1.807, 2.05) is 12.1 Å². The molecule has 1 heterocycles. The summed E-state index contributed by atoms with van der Waals surface area (Å²) in [6.45, 7) is 7.22. The molecule has 0 spiro atoms. The summed E-state index contributed by atoms with van der Waals surface area (Å²) in [6.07, 6.45) is 6.58. The molecule has 0 bridgehead atoms. The molecule has 0 unspecified atom stereocenters. The van der Waals surface area contributed by atoms with Crippen LogP contribution in [-0.2, 0) is 16.8 Å². The smallest absolute Gasteiger partial charge is 0.246 e. The third-order valence-electron chi connectivity index (χ3n) is 5.62. The Balaban J connectivity index is 1.55. The molecule has 0 radical (unpaired) electrons. The maximum absolute atomic E-state index is 12.4. The number of para-hydroxylation sites is 1.